The minimum absolute atomic E-state index is 0.370. The number of aliphatic hydroxyl groups is 1. The molecule has 1 aromatic heterocycles. The molecule has 1 heterocycles. The fraction of sp³-hybridized carbons (Fsp3) is 0.231. The molecule has 1 N–H and O–H groups in total. The lowest BCUT2D eigenvalue weighted by Crippen LogP contribution is -2.02. The summed E-state index contributed by atoms with van der Waals surface area (Å²) >= 11 is 13.6. The molecule has 0 aliphatic rings. The van der Waals surface area contributed by atoms with Crippen LogP contribution in [0.5, 0.6) is 5.75 Å². The van der Waals surface area contributed by atoms with Gasteiger partial charge in [-0.1, -0.05) is 29.3 Å². The van der Waals surface area contributed by atoms with Crippen molar-refractivity contribution in [2.75, 3.05) is 7.11 Å². The van der Waals surface area contributed by atoms with Gasteiger partial charge in [0.2, 0.25) is 0 Å². The third-order valence-corrected chi connectivity index (χ3v) is 4.35. The van der Waals surface area contributed by atoms with Crippen molar-refractivity contribution >= 4 is 34.5 Å². The highest BCUT2D eigenvalue weighted by atomic mass is 35.5. The lowest BCUT2D eigenvalue weighted by Gasteiger charge is -2.13. The number of ether oxygens (including phenoxy) is 1. The lowest BCUT2D eigenvalue weighted by molar-refractivity contribution is 0.178. The molecule has 0 fully saturated rings. The van der Waals surface area contributed by atoms with Gasteiger partial charge in [0.25, 0.3) is 0 Å². The average molecular weight is 303 g/mol. The summed E-state index contributed by atoms with van der Waals surface area (Å²) in [6.45, 7) is 0. The van der Waals surface area contributed by atoms with Gasteiger partial charge in [-0.15, -0.1) is 11.3 Å². The average Bonchev–Trinajstić information content (AvgIpc) is 2.82. The van der Waals surface area contributed by atoms with Crippen LogP contribution in [0.1, 0.15) is 16.5 Å². The summed E-state index contributed by atoms with van der Waals surface area (Å²) < 4.78 is 5.19. The van der Waals surface area contributed by atoms with Crippen LogP contribution in [0.2, 0.25) is 10.0 Å². The molecule has 0 bridgehead atoms. The maximum atomic E-state index is 10.2. The second-order valence-electron chi connectivity index (χ2n) is 3.77. The topological polar surface area (TPSA) is 29.5 Å². The van der Waals surface area contributed by atoms with Crippen LogP contribution < -0.4 is 4.74 Å². The molecule has 96 valence electrons. The number of rotatable bonds is 4. The van der Waals surface area contributed by atoms with Gasteiger partial charge in [-0.3, -0.25) is 0 Å². The van der Waals surface area contributed by atoms with Gasteiger partial charge in [-0.05, 0) is 29.1 Å². The molecule has 0 aliphatic carbocycles. The van der Waals surface area contributed by atoms with Gasteiger partial charge in [-0.25, -0.2) is 0 Å². The van der Waals surface area contributed by atoms with E-state index in [1.54, 1.807) is 25.3 Å². The zero-order valence-electron chi connectivity index (χ0n) is 9.69. The Morgan fingerprint density at radius 2 is 1.94 bits per heavy atom. The van der Waals surface area contributed by atoms with Crippen molar-refractivity contribution in [1.29, 1.82) is 0 Å². The van der Waals surface area contributed by atoms with E-state index in [1.807, 2.05) is 11.4 Å². The van der Waals surface area contributed by atoms with Gasteiger partial charge in [0.1, 0.15) is 5.75 Å². The number of thiophene rings is 1. The van der Waals surface area contributed by atoms with E-state index in [4.69, 9.17) is 27.9 Å². The molecule has 2 rings (SSSR count). The molecule has 18 heavy (non-hydrogen) atoms. The first-order valence-electron chi connectivity index (χ1n) is 5.35. The first kappa shape index (κ1) is 13.7. The summed E-state index contributed by atoms with van der Waals surface area (Å²) in [5, 5.41) is 13.3. The van der Waals surface area contributed by atoms with Crippen molar-refractivity contribution < 1.29 is 9.84 Å². The molecular formula is C13H12Cl2O2S. The zero-order valence-corrected chi connectivity index (χ0v) is 12.0. The van der Waals surface area contributed by atoms with Gasteiger partial charge in [-0.2, -0.15) is 0 Å². The smallest absolute Gasteiger partial charge is 0.135 e. The fourth-order valence-electron chi connectivity index (χ4n) is 1.73. The quantitative estimate of drug-likeness (QED) is 0.910. The van der Waals surface area contributed by atoms with E-state index in [1.165, 1.54) is 11.3 Å². The second-order valence-corrected chi connectivity index (χ2v) is 5.54. The van der Waals surface area contributed by atoms with Gasteiger partial charge in [0, 0.05) is 16.5 Å². The highest BCUT2D eigenvalue weighted by Crippen LogP contribution is 2.35. The summed E-state index contributed by atoms with van der Waals surface area (Å²) in [7, 11) is 1.58. The van der Waals surface area contributed by atoms with Crippen LogP contribution in [0.15, 0.2) is 29.6 Å². The first-order chi connectivity index (χ1) is 8.63. The number of halogens is 2. The molecule has 0 saturated carbocycles. The molecular weight excluding hydrogens is 291 g/mol. The number of methoxy groups -OCH3 is 1. The van der Waals surface area contributed by atoms with Crippen molar-refractivity contribution in [2.45, 2.75) is 12.5 Å². The monoisotopic (exact) mass is 302 g/mol. The lowest BCUT2D eigenvalue weighted by atomic mass is 10.1. The Morgan fingerprint density at radius 3 is 2.56 bits per heavy atom. The number of benzene rings is 1. The third-order valence-electron chi connectivity index (χ3n) is 2.64. The Labute approximate surface area is 120 Å². The first-order valence-corrected chi connectivity index (χ1v) is 6.99. The molecule has 1 unspecified atom stereocenters. The summed E-state index contributed by atoms with van der Waals surface area (Å²) in [4.78, 5) is 0.786. The summed E-state index contributed by atoms with van der Waals surface area (Å²) in [6, 6.07) is 7.14. The van der Waals surface area contributed by atoms with Gasteiger partial charge < -0.3 is 9.84 Å². The predicted molar refractivity (Wildman–Crippen MR) is 76.0 cm³/mol. The number of aliphatic hydroxyl groups excluding tert-OH is 1. The molecule has 1 atom stereocenters. The van der Waals surface area contributed by atoms with Crippen molar-refractivity contribution in [1.82, 2.24) is 0 Å². The van der Waals surface area contributed by atoms with E-state index in [0.717, 1.165) is 10.4 Å². The van der Waals surface area contributed by atoms with E-state index >= 15 is 0 Å². The SMILES string of the molecule is COc1ccsc1C(O)Cc1c(Cl)cccc1Cl. The Morgan fingerprint density at radius 1 is 1.28 bits per heavy atom. The van der Waals surface area contributed by atoms with Crippen LogP contribution in [0.3, 0.4) is 0 Å². The molecule has 0 spiro atoms. The minimum Gasteiger partial charge on any atom is -0.495 e. The maximum absolute atomic E-state index is 10.2. The molecule has 0 aliphatic heterocycles. The molecule has 0 amide bonds. The highest BCUT2D eigenvalue weighted by Gasteiger charge is 2.18. The van der Waals surface area contributed by atoms with Crippen LogP contribution >= 0.6 is 34.5 Å². The van der Waals surface area contributed by atoms with E-state index in [2.05, 4.69) is 0 Å². The van der Waals surface area contributed by atoms with Crippen LogP contribution in [-0.4, -0.2) is 12.2 Å². The van der Waals surface area contributed by atoms with E-state index in [-0.39, 0.29) is 0 Å². The van der Waals surface area contributed by atoms with Crippen molar-refractivity contribution in [2.24, 2.45) is 0 Å². The summed E-state index contributed by atoms with van der Waals surface area (Å²) in [6.07, 6.45) is -0.299. The summed E-state index contributed by atoms with van der Waals surface area (Å²) in [5.74, 6) is 0.690. The zero-order chi connectivity index (χ0) is 13.1. The Hall–Kier alpha value is -0.740. The van der Waals surface area contributed by atoms with Gasteiger partial charge in [0.05, 0.1) is 18.1 Å². The van der Waals surface area contributed by atoms with Crippen molar-refractivity contribution in [3.8, 4) is 5.75 Å². The van der Waals surface area contributed by atoms with Crippen LogP contribution in [0.25, 0.3) is 0 Å². The van der Waals surface area contributed by atoms with Crippen molar-refractivity contribution in [3.05, 3.63) is 50.1 Å². The van der Waals surface area contributed by atoms with Crippen molar-refractivity contribution in [3.63, 3.8) is 0 Å². The molecule has 0 saturated heterocycles. The molecule has 5 heteroatoms. The highest BCUT2D eigenvalue weighted by molar-refractivity contribution is 7.10. The molecule has 2 nitrogen and oxygen atoms in total. The standard InChI is InChI=1S/C13H12Cl2O2S/c1-17-12-5-6-18-13(12)11(16)7-8-9(14)3-2-4-10(8)15/h2-6,11,16H,7H2,1H3. The normalized spacial score (nSPS) is 12.4. The summed E-state index contributed by atoms with van der Waals surface area (Å²) in [5.41, 5.74) is 0.754. The maximum Gasteiger partial charge on any atom is 0.135 e. The van der Waals surface area contributed by atoms with E-state index < -0.39 is 6.10 Å². The predicted octanol–water partition coefficient (Wildman–Crippen LogP) is 4.34. The van der Waals surface area contributed by atoms with Gasteiger partial charge in [0.15, 0.2) is 0 Å². The van der Waals surface area contributed by atoms with Crippen LogP contribution in [0, 0.1) is 0 Å². The third kappa shape index (κ3) is 2.81. The van der Waals surface area contributed by atoms with E-state index in [0.29, 0.717) is 22.2 Å². The molecule has 0 radical (unpaired) electrons. The number of hydrogen-bond donors (Lipinski definition) is 1. The van der Waals surface area contributed by atoms with Gasteiger partial charge >= 0.3 is 0 Å². The largest absolute Gasteiger partial charge is 0.495 e. The Balaban J connectivity index is 2.24. The second kappa shape index (κ2) is 5.93. The Kier molecular flexibility index (Phi) is 4.51. The van der Waals surface area contributed by atoms with Crippen LogP contribution in [0.4, 0.5) is 0 Å². The fourth-order valence-corrected chi connectivity index (χ4v) is 3.13. The van der Waals surface area contributed by atoms with Crippen LogP contribution in [-0.2, 0) is 6.42 Å². The number of hydrogen-bond acceptors (Lipinski definition) is 3. The molecule has 1 aromatic carbocycles. The Bertz CT molecular complexity index is 519. The minimum atomic E-state index is -0.669. The van der Waals surface area contributed by atoms with E-state index in [9.17, 15) is 5.11 Å². The molecule has 2 aromatic rings.